The van der Waals surface area contributed by atoms with E-state index in [0.29, 0.717) is 12.0 Å². The van der Waals surface area contributed by atoms with Crippen molar-refractivity contribution in [1.82, 2.24) is 20.1 Å². The molecule has 0 fully saturated rings. The van der Waals surface area contributed by atoms with Crippen molar-refractivity contribution in [2.75, 3.05) is 6.54 Å². The van der Waals surface area contributed by atoms with E-state index in [1.807, 2.05) is 17.7 Å². The van der Waals surface area contributed by atoms with Gasteiger partial charge in [-0.15, -0.1) is 0 Å². The summed E-state index contributed by atoms with van der Waals surface area (Å²) < 4.78 is 16.8. The van der Waals surface area contributed by atoms with Gasteiger partial charge in [-0.3, -0.25) is 4.68 Å². The highest BCUT2D eigenvalue weighted by Gasteiger charge is 2.20. The molecule has 2 rings (SSSR count). The lowest BCUT2D eigenvalue weighted by Gasteiger charge is -2.20. The molecule has 0 amide bonds. The quantitative estimate of drug-likeness (QED) is 0.827. The molecule has 1 atom stereocenters. The molecule has 114 valence electrons. The second kappa shape index (κ2) is 7.66. The van der Waals surface area contributed by atoms with E-state index >= 15 is 0 Å². The van der Waals surface area contributed by atoms with Crippen molar-refractivity contribution in [3.63, 3.8) is 0 Å². The Kier molecular flexibility index (Phi) is 5.87. The van der Waals surface area contributed by atoms with Crippen molar-refractivity contribution in [1.29, 1.82) is 0 Å². The second-order valence-electron chi connectivity index (χ2n) is 4.84. The first-order valence-electron chi connectivity index (χ1n) is 7.21. The largest absolute Gasteiger partial charge is 0.309 e. The molecule has 0 saturated heterocycles. The Morgan fingerprint density at radius 1 is 1.38 bits per heavy atom. The minimum Gasteiger partial charge on any atom is -0.309 e. The van der Waals surface area contributed by atoms with E-state index in [-0.39, 0.29) is 11.9 Å². The molecule has 6 heteroatoms. The summed E-state index contributed by atoms with van der Waals surface area (Å²) in [5, 5.41) is 7.58. The van der Waals surface area contributed by atoms with Crippen LogP contribution < -0.4 is 5.32 Å². The molecule has 21 heavy (non-hydrogen) atoms. The average molecular weight is 355 g/mol. The molecule has 0 saturated carbocycles. The van der Waals surface area contributed by atoms with Crippen LogP contribution in [0.4, 0.5) is 4.39 Å². The van der Waals surface area contributed by atoms with Crippen molar-refractivity contribution in [2.45, 2.75) is 39.3 Å². The predicted octanol–water partition coefficient (Wildman–Crippen LogP) is 3.48. The number of aryl methyl sites for hydroxylation is 1. The van der Waals surface area contributed by atoms with Crippen LogP contribution in [0.2, 0.25) is 0 Å². The molecule has 0 aliphatic rings. The van der Waals surface area contributed by atoms with Gasteiger partial charge >= 0.3 is 0 Å². The van der Waals surface area contributed by atoms with Gasteiger partial charge in [0.05, 0.1) is 0 Å². The van der Waals surface area contributed by atoms with Crippen LogP contribution in [0, 0.1) is 5.82 Å². The molecule has 0 radical (unpaired) electrons. The molecule has 0 bridgehead atoms. The van der Waals surface area contributed by atoms with Gasteiger partial charge in [-0.25, -0.2) is 9.37 Å². The normalized spacial score (nSPS) is 12.6. The van der Waals surface area contributed by atoms with Gasteiger partial charge in [-0.2, -0.15) is 5.10 Å². The molecule has 1 heterocycles. The fourth-order valence-electron chi connectivity index (χ4n) is 2.33. The lowest BCUT2D eigenvalue weighted by atomic mass is 10.0. The van der Waals surface area contributed by atoms with Gasteiger partial charge < -0.3 is 5.32 Å². The van der Waals surface area contributed by atoms with E-state index in [9.17, 15) is 4.39 Å². The van der Waals surface area contributed by atoms with Gasteiger partial charge in [0.1, 0.15) is 18.0 Å². The number of aromatic nitrogens is 3. The number of halogens is 2. The summed E-state index contributed by atoms with van der Waals surface area (Å²) in [5.41, 5.74) is 0.650. The maximum Gasteiger partial charge on any atom is 0.138 e. The van der Waals surface area contributed by atoms with Gasteiger partial charge in [-0.1, -0.05) is 28.9 Å². The predicted molar refractivity (Wildman–Crippen MR) is 84.5 cm³/mol. The highest BCUT2D eigenvalue weighted by Crippen LogP contribution is 2.28. The molecule has 0 aliphatic heterocycles. The number of rotatable bonds is 7. The molecule has 1 aromatic heterocycles. The van der Waals surface area contributed by atoms with Crippen LogP contribution in [-0.2, 0) is 13.0 Å². The van der Waals surface area contributed by atoms with Crippen LogP contribution in [0.3, 0.4) is 0 Å². The Morgan fingerprint density at radius 3 is 2.86 bits per heavy atom. The Labute approximate surface area is 132 Å². The average Bonchev–Trinajstić information content (AvgIpc) is 2.91. The summed E-state index contributed by atoms with van der Waals surface area (Å²) in [5.74, 6) is 0.654. The topological polar surface area (TPSA) is 42.7 Å². The highest BCUT2D eigenvalue weighted by atomic mass is 79.9. The Hall–Kier alpha value is -1.27. The number of hydrogen-bond acceptors (Lipinski definition) is 3. The summed E-state index contributed by atoms with van der Waals surface area (Å²) in [6.07, 6.45) is 3.14. The number of hydrogen-bond donors (Lipinski definition) is 1. The third-order valence-corrected chi connectivity index (χ3v) is 4.06. The van der Waals surface area contributed by atoms with Crippen molar-refractivity contribution in [3.05, 3.63) is 46.2 Å². The number of benzene rings is 1. The van der Waals surface area contributed by atoms with Crippen molar-refractivity contribution in [2.24, 2.45) is 0 Å². The monoisotopic (exact) mass is 354 g/mol. The molecule has 2 aromatic rings. The maximum absolute atomic E-state index is 14.2. The summed E-state index contributed by atoms with van der Waals surface area (Å²) in [4.78, 5) is 4.29. The third-order valence-electron chi connectivity index (χ3n) is 3.37. The van der Waals surface area contributed by atoms with E-state index in [1.165, 1.54) is 6.07 Å². The minimum atomic E-state index is -0.208. The van der Waals surface area contributed by atoms with Crippen LogP contribution in [0.15, 0.2) is 29.0 Å². The van der Waals surface area contributed by atoms with Crippen molar-refractivity contribution >= 4 is 15.9 Å². The smallest absolute Gasteiger partial charge is 0.138 e. The Bertz CT molecular complexity index is 565. The first-order chi connectivity index (χ1) is 10.2. The molecule has 0 aliphatic carbocycles. The third kappa shape index (κ3) is 3.89. The van der Waals surface area contributed by atoms with Crippen molar-refractivity contribution < 1.29 is 4.39 Å². The molecule has 1 unspecified atom stereocenters. The van der Waals surface area contributed by atoms with Crippen LogP contribution in [-0.4, -0.2) is 21.3 Å². The van der Waals surface area contributed by atoms with E-state index in [1.54, 1.807) is 12.4 Å². The Balaban J connectivity index is 2.30. The van der Waals surface area contributed by atoms with Crippen LogP contribution in [0.25, 0.3) is 0 Å². The van der Waals surface area contributed by atoms with Gasteiger partial charge in [0, 0.05) is 29.0 Å². The molecular weight excluding hydrogens is 335 g/mol. The summed E-state index contributed by atoms with van der Waals surface area (Å²) in [7, 11) is 0. The first kappa shape index (κ1) is 16.1. The summed E-state index contributed by atoms with van der Waals surface area (Å²) >= 11 is 3.46. The molecule has 0 spiro atoms. The number of nitrogens with zero attached hydrogens (tertiary/aromatic N) is 3. The zero-order valence-corrected chi connectivity index (χ0v) is 13.9. The lowest BCUT2D eigenvalue weighted by Crippen LogP contribution is -2.26. The second-order valence-corrected chi connectivity index (χ2v) is 5.69. The lowest BCUT2D eigenvalue weighted by molar-refractivity contribution is 0.473. The van der Waals surface area contributed by atoms with E-state index in [0.717, 1.165) is 29.8 Å². The van der Waals surface area contributed by atoms with Crippen LogP contribution in [0.5, 0.6) is 0 Å². The fraction of sp³-hybridized carbons (Fsp3) is 0.467. The zero-order valence-electron chi connectivity index (χ0n) is 12.3. The van der Waals surface area contributed by atoms with Gasteiger partial charge in [-0.05, 0) is 32.0 Å². The number of nitrogens with one attached hydrogen (secondary N) is 1. The highest BCUT2D eigenvalue weighted by molar-refractivity contribution is 9.10. The van der Waals surface area contributed by atoms with Crippen LogP contribution >= 0.6 is 15.9 Å². The van der Waals surface area contributed by atoms with Gasteiger partial charge in [0.2, 0.25) is 0 Å². The van der Waals surface area contributed by atoms with Gasteiger partial charge in [0.15, 0.2) is 0 Å². The summed E-state index contributed by atoms with van der Waals surface area (Å²) in [6, 6.07) is 4.93. The van der Waals surface area contributed by atoms with E-state index < -0.39 is 0 Å². The van der Waals surface area contributed by atoms with E-state index in [2.05, 4.69) is 38.3 Å². The SMILES string of the molecule is CCCNC(Cc1ncnn1CC)c1c(F)cccc1Br. The Morgan fingerprint density at radius 2 is 2.19 bits per heavy atom. The van der Waals surface area contributed by atoms with Gasteiger partial charge in [0.25, 0.3) is 0 Å². The maximum atomic E-state index is 14.2. The summed E-state index contributed by atoms with van der Waals surface area (Å²) in [6.45, 7) is 5.70. The van der Waals surface area contributed by atoms with E-state index in [4.69, 9.17) is 0 Å². The van der Waals surface area contributed by atoms with Crippen LogP contribution in [0.1, 0.15) is 37.7 Å². The van der Waals surface area contributed by atoms with Crippen molar-refractivity contribution in [3.8, 4) is 0 Å². The fourth-order valence-corrected chi connectivity index (χ4v) is 2.95. The molecule has 1 N–H and O–H groups in total. The first-order valence-corrected chi connectivity index (χ1v) is 8.00. The molecular formula is C15H20BrFN4. The zero-order chi connectivity index (χ0) is 15.2. The molecule has 1 aromatic carbocycles. The standard InChI is InChI=1S/C15H20BrFN4/c1-3-8-18-13(9-14-19-10-20-21(14)4-2)15-11(16)6-5-7-12(15)17/h5-7,10,13,18H,3-4,8-9H2,1-2H3. The minimum absolute atomic E-state index is 0.130. The molecule has 4 nitrogen and oxygen atoms in total.